The first kappa shape index (κ1) is 11.4. The first-order chi connectivity index (χ1) is 7.44. The summed E-state index contributed by atoms with van der Waals surface area (Å²) in [7, 11) is 0. The number of nitrogens with zero attached hydrogens (tertiary/aromatic N) is 1. The largest absolute Gasteiger partial charge is 0.508 e. The zero-order chi connectivity index (χ0) is 11.8. The maximum atomic E-state index is 13.5. The minimum atomic E-state index is -1.14. The third-order valence-corrected chi connectivity index (χ3v) is 2.88. The van der Waals surface area contributed by atoms with Crippen LogP contribution < -0.4 is 0 Å². The van der Waals surface area contributed by atoms with Crippen LogP contribution in [0.15, 0.2) is 18.2 Å². The van der Waals surface area contributed by atoms with E-state index < -0.39 is 5.67 Å². The summed E-state index contributed by atoms with van der Waals surface area (Å²) in [6.45, 7) is 5.33. The first-order valence-electron chi connectivity index (χ1n) is 5.66. The Labute approximate surface area is 95.7 Å². The quantitative estimate of drug-likeness (QED) is 0.832. The molecule has 0 saturated carbocycles. The molecule has 1 aromatic rings. The standard InChI is InChI=1S/C13H18FNO/c1-13(2,14)9-15-6-5-10-7-12(16)4-3-11(10)8-15/h3-4,7,16H,5-6,8-9H2,1-2H3. The molecule has 0 bridgehead atoms. The Kier molecular flexibility index (Phi) is 2.89. The van der Waals surface area contributed by atoms with E-state index in [9.17, 15) is 9.50 Å². The van der Waals surface area contributed by atoms with Gasteiger partial charge in [0.15, 0.2) is 0 Å². The van der Waals surface area contributed by atoms with E-state index in [2.05, 4.69) is 4.90 Å². The molecule has 0 amide bonds. The molecule has 0 radical (unpaired) electrons. The summed E-state index contributed by atoms with van der Waals surface area (Å²) in [5, 5.41) is 9.37. The average molecular weight is 223 g/mol. The van der Waals surface area contributed by atoms with Crippen LogP contribution in [0.25, 0.3) is 0 Å². The van der Waals surface area contributed by atoms with Gasteiger partial charge in [-0.2, -0.15) is 0 Å². The van der Waals surface area contributed by atoms with E-state index in [1.165, 1.54) is 11.1 Å². The van der Waals surface area contributed by atoms with Crippen molar-refractivity contribution in [2.45, 2.75) is 32.5 Å². The minimum Gasteiger partial charge on any atom is -0.508 e. The summed E-state index contributed by atoms with van der Waals surface area (Å²) < 4.78 is 13.5. The molecule has 0 aliphatic carbocycles. The zero-order valence-electron chi connectivity index (χ0n) is 9.83. The van der Waals surface area contributed by atoms with E-state index >= 15 is 0 Å². The van der Waals surface area contributed by atoms with Crippen molar-refractivity contribution in [2.75, 3.05) is 13.1 Å². The zero-order valence-corrected chi connectivity index (χ0v) is 9.83. The molecule has 0 aromatic heterocycles. The molecular formula is C13H18FNO. The van der Waals surface area contributed by atoms with Gasteiger partial charge in [-0.05, 0) is 43.5 Å². The lowest BCUT2D eigenvalue weighted by atomic mass is 9.98. The number of hydrogen-bond donors (Lipinski definition) is 1. The summed E-state index contributed by atoms with van der Waals surface area (Å²) in [6, 6.07) is 5.44. The lowest BCUT2D eigenvalue weighted by Gasteiger charge is -2.32. The Morgan fingerprint density at radius 2 is 2.12 bits per heavy atom. The van der Waals surface area contributed by atoms with Crippen molar-refractivity contribution in [3.8, 4) is 5.75 Å². The van der Waals surface area contributed by atoms with Gasteiger partial charge in [-0.15, -0.1) is 0 Å². The van der Waals surface area contributed by atoms with Crippen molar-refractivity contribution >= 4 is 0 Å². The van der Waals surface area contributed by atoms with E-state index in [1.54, 1.807) is 19.9 Å². The Morgan fingerprint density at radius 3 is 2.81 bits per heavy atom. The van der Waals surface area contributed by atoms with E-state index in [4.69, 9.17) is 0 Å². The number of halogens is 1. The Morgan fingerprint density at radius 1 is 1.38 bits per heavy atom. The van der Waals surface area contributed by atoms with Gasteiger partial charge in [0, 0.05) is 19.6 Å². The molecule has 0 unspecified atom stereocenters. The summed E-state index contributed by atoms with van der Waals surface area (Å²) in [4.78, 5) is 2.12. The van der Waals surface area contributed by atoms with E-state index in [-0.39, 0.29) is 0 Å². The fourth-order valence-corrected chi connectivity index (χ4v) is 2.26. The van der Waals surface area contributed by atoms with Gasteiger partial charge in [0.25, 0.3) is 0 Å². The van der Waals surface area contributed by atoms with Crippen LogP contribution in [-0.2, 0) is 13.0 Å². The number of phenolic OH excluding ortho intramolecular Hbond substituents is 1. The maximum absolute atomic E-state index is 13.5. The molecule has 0 fully saturated rings. The smallest absolute Gasteiger partial charge is 0.118 e. The molecule has 1 N–H and O–H groups in total. The molecule has 3 heteroatoms. The van der Waals surface area contributed by atoms with Crippen LogP contribution in [0.1, 0.15) is 25.0 Å². The van der Waals surface area contributed by atoms with Crippen LogP contribution in [0.4, 0.5) is 4.39 Å². The number of benzene rings is 1. The van der Waals surface area contributed by atoms with Crippen molar-refractivity contribution in [1.29, 1.82) is 0 Å². The van der Waals surface area contributed by atoms with Crippen LogP contribution in [0, 0.1) is 0 Å². The summed E-state index contributed by atoms with van der Waals surface area (Å²) in [5.74, 6) is 0.318. The monoisotopic (exact) mass is 223 g/mol. The Hall–Kier alpha value is -1.09. The molecule has 1 aliphatic rings. The van der Waals surface area contributed by atoms with Gasteiger partial charge >= 0.3 is 0 Å². The fraction of sp³-hybridized carbons (Fsp3) is 0.538. The summed E-state index contributed by atoms with van der Waals surface area (Å²) in [6.07, 6.45) is 0.889. The van der Waals surface area contributed by atoms with Gasteiger partial charge in [-0.3, -0.25) is 4.90 Å². The highest BCUT2D eigenvalue weighted by atomic mass is 19.1. The predicted octanol–water partition coefficient (Wildman–Crippen LogP) is 2.50. The van der Waals surface area contributed by atoms with E-state index in [1.807, 2.05) is 12.1 Å². The number of alkyl halides is 1. The van der Waals surface area contributed by atoms with Crippen LogP contribution >= 0.6 is 0 Å². The molecule has 2 nitrogen and oxygen atoms in total. The van der Waals surface area contributed by atoms with E-state index in [0.29, 0.717) is 12.3 Å². The number of hydrogen-bond acceptors (Lipinski definition) is 2. The van der Waals surface area contributed by atoms with Gasteiger partial charge < -0.3 is 5.11 Å². The third-order valence-electron chi connectivity index (χ3n) is 2.88. The van der Waals surface area contributed by atoms with Gasteiger partial charge in [0.05, 0.1) is 0 Å². The number of phenols is 1. The van der Waals surface area contributed by atoms with E-state index in [0.717, 1.165) is 19.5 Å². The molecule has 1 aromatic carbocycles. The third kappa shape index (κ3) is 2.73. The van der Waals surface area contributed by atoms with Gasteiger partial charge in [0.1, 0.15) is 11.4 Å². The molecule has 0 spiro atoms. The Balaban J connectivity index is 2.09. The van der Waals surface area contributed by atoms with Crippen LogP contribution in [0.5, 0.6) is 5.75 Å². The minimum absolute atomic E-state index is 0.318. The molecule has 1 heterocycles. The normalized spacial score (nSPS) is 17.2. The highest BCUT2D eigenvalue weighted by Crippen LogP contribution is 2.24. The summed E-state index contributed by atoms with van der Waals surface area (Å²) >= 11 is 0. The molecule has 16 heavy (non-hydrogen) atoms. The molecule has 88 valence electrons. The molecule has 0 saturated heterocycles. The molecular weight excluding hydrogens is 205 g/mol. The SMILES string of the molecule is CC(C)(F)CN1CCc2cc(O)ccc2C1. The lowest BCUT2D eigenvalue weighted by Crippen LogP contribution is -2.39. The van der Waals surface area contributed by atoms with Crippen LogP contribution in [-0.4, -0.2) is 28.8 Å². The van der Waals surface area contributed by atoms with Crippen molar-refractivity contribution < 1.29 is 9.50 Å². The fourth-order valence-electron chi connectivity index (χ4n) is 2.26. The topological polar surface area (TPSA) is 23.5 Å². The van der Waals surface area contributed by atoms with Crippen LogP contribution in [0.3, 0.4) is 0 Å². The highest BCUT2D eigenvalue weighted by Gasteiger charge is 2.23. The second-order valence-corrected chi connectivity index (χ2v) is 5.13. The first-order valence-corrected chi connectivity index (χ1v) is 5.66. The number of rotatable bonds is 2. The van der Waals surface area contributed by atoms with Crippen LogP contribution in [0.2, 0.25) is 0 Å². The van der Waals surface area contributed by atoms with Crippen molar-refractivity contribution in [3.63, 3.8) is 0 Å². The maximum Gasteiger partial charge on any atom is 0.118 e. The Bertz CT molecular complexity index is 384. The number of fused-ring (bicyclic) bond motifs is 1. The van der Waals surface area contributed by atoms with Gasteiger partial charge in [-0.25, -0.2) is 4.39 Å². The van der Waals surface area contributed by atoms with Crippen molar-refractivity contribution in [2.24, 2.45) is 0 Å². The summed E-state index contributed by atoms with van der Waals surface area (Å²) in [5.41, 5.74) is 1.25. The lowest BCUT2D eigenvalue weighted by molar-refractivity contribution is 0.116. The van der Waals surface area contributed by atoms with Gasteiger partial charge in [0.2, 0.25) is 0 Å². The predicted molar refractivity (Wildman–Crippen MR) is 62.3 cm³/mol. The number of aromatic hydroxyl groups is 1. The molecule has 2 rings (SSSR count). The average Bonchev–Trinajstić information content (AvgIpc) is 2.16. The molecule has 0 atom stereocenters. The second-order valence-electron chi connectivity index (χ2n) is 5.13. The second kappa shape index (κ2) is 4.06. The molecule has 1 aliphatic heterocycles. The highest BCUT2D eigenvalue weighted by molar-refractivity contribution is 5.36. The van der Waals surface area contributed by atoms with Crippen molar-refractivity contribution in [1.82, 2.24) is 4.90 Å². The van der Waals surface area contributed by atoms with Crippen molar-refractivity contribution in [3.05, 3.63) is 29.3 Å². The van der Waals surface area contributed by atoms with Gasteiger partial charge in [-0.1, -0.05) is 6.07 Å².